The molecule has 0 unspecified atom stereocenters. The third-order valence-electron chi connectivity index (χ3n) is 4.32. The number of fused-ring (bicyclic) bond motifs is 1. The predicted molar refractivity (Wildman–Crippen MR) is 101 cm³/mol. The van der Waals surface area contributed by atoms with Gasteiger partial charge in [-0.15, -0.1) is 5.10 Å². The van der Waals surface area contributed by atoms with E-state index < -0.39 is 17.0 Å². The molecule has 1 aromatic heterocycles. The minimum atomic E-state index is -0.808. The average Bonchev–Trinajstić information content (AvgIpc) is 3.11. The highest BCUT2D eigenvalue weighted by Gasteiger charge is 2.26. The zero-order valence-corrected chi connectivity index (χ0v) is 14.4. The van der Waals surface area contributed by atoms with Crippen molar-refractivity contribution in [1.82, 2.24) is 14.3 Å². The topological polar surface area (TPSA) is 89.2 Å². The van der Waals surface area contributed by atoms with Crippen molar-refractivity contribution in [2.45, 2.75) is 13.1 Å². The smallest absolute Gasteiger partial charge is 0.324 e. The Kier molecular flexibility index (Phi) is 4.29. The SMILES string of the molecule is O=C(Cn1nc2n(c(=O)c1=O)CCN2c1ccccc1)Nc1ccccc1. The third-order valence-corrected chi connectivity index (χ3v) is 4.32. The van der Waals surface area contributed by atoms with Crippen molar-refractivity contribution in [3.63, 3.8) is 0 Å². The van der Waals surface area contributed by atoms with Gasteiger partial charge in [0.2, 0.25) is 11.9 Å². The van der Waals surface area contributed by atoms with Gasteiger partial charge in [0.25, 0.3) is 0 Å². The lowest BCUT2D eigenvalue weighted by Gasteiger charge is -2.17. The number of hydrogen-bond acceptors (Lipinski definition) is 5. The van der Waals surface area contributed by atoms with E-state index in [0.717, 1.165) is 10.4 Å². The van der Waals surface area contributed by atoms with E-state index in [2.05, 4.69) is 10.4 Å². The van der Waals surface area contributed by atoms with Crippen LogP contribution in [0.2, 0.25) is 0 Å². The van der Waals surface area contributed by atoms with Crippen LogP contribution in [0.3, 0.4) is 0 Å². The van der Waals surface area contributed by atoms with Crippen LogP contribution in [-0.2, 0) is 17.9 Å². The molecule has 1 amide bonds. The molecular weight excluding hydrogens is 346 g/mol. The van der Waals surface area contributed by atoms with E-state index in [-0.39, 0.29) is 6.54 Å². The Balaban J connectivity index is 1.65. The Morgan fingerprint density at radius 1 is 0.926 bits per heavy atom. The number of carbonyl (C=O) groups excluding carboxylic acids is 1. The van der Waals surface area contributed by atoms with E-state index in [4.69, 9.17) is 0 Å². The molecule has 0 aliphatic carbocycles. The summed E-state index contributed by atoms with van der Waals surface area (Å²) in [6, 6.07) is 18.4. The molecule has 0 saturated heterocycles. The second kappa shape index (κ2) is 6.91. The highest BCUT2D eigenvalue weighted by atomic mass is 16.2. The maximum absolute atomic E-state index is 12.4. The second-order valence-electron chi connectivity index (χ2n) is 6.12. The van der Waals surface area contributed by atoms with Gasteiger partial charge in [-0.1, -0.05) is 36.4 Å². The molecule has 4 rings (SSSR count). The Bertz CT molecular complexity index is 1090. The monoisotopic (exact) mass is 363 g/mol. The van der Waals surface area contributed by atoms with Gasteiger partial charge in [-0.25, -0.2) is 4.68 Å². The van der Waals surface area contributed by atoms with Crippen molar-refractivity contribution in [3.8, 4) is 0 Å². The van der Waals surface area contributed by atoms with Crippen molar-refractivity contribution in [2.75, 3.05) is 16.8 Å². The number of carbonyl (C=O) groups is 1. The van der Waals surface area contributed by atoms with Crippen molar-refractivity contribution >= 4 is 23.2 Å². The fourth-order valence-electron chi connectivity index (χ4n) is 3.04. The van der Waals surface area contributed by atoms with Crippen molar-refractivity contribution in [2.24, 2.45) is 0 Å². The summed E-state index contributed by atoms with van der Waals surface area (Å²) in [7, 11) is 0. The van der Waals surface area contributed by atoms with Crippen LogP contribution in [0.25, 0.3) is 0 Å². The lowest BCUT2D eigenvalue weighted by molar-refractivity contribution is -0.117. The van der Waals surface area contributed by atoms with Gasteiger partial charge in [0.05, 0.1) is 0 Å². The first-order valence-corrected chi connectivity index (χ1v) is 8.53. The highest BCUT2D eigenvalue weighted by molar-refractivity contribution is 5.90. The van der Waals surface area contributed by atoms with Gasteiger partial charge < -0.3 is 10.2 Å². The van der Waals surface area contributed by atoms with Crippen molar-refractivity contribution < 1.29 is 4.79 Å². The summed E-state index contributed by atoms with van der Waals surface area (Å²) >= 11 is 0. The summed E-state index contributed by atoms with van der Waals surface area (Å²) in [6.45, 7) is 0.577. The number of hydrogen-bond donors (Lipinski definition) is 1. The van der Waals surface area contributed by atoms with Crippen LogP contribution in [0.15, 0.2) is 70.3 Å². The summed E-state index contributed by atoms with van der Waals surface area (Å²) in [5.41, 5.74) is -0.00301. The molecule has 3 aromatic rings. The second-order valence-corrected chi connectivity index (χ2v) is 6.12. The van der Waals surface area contributed by atoms with Gasteiger partial charge in [0, 0.05) is 24.5 Å². The van der Waals surface area contributed by atoms with Crippen LogP contribution >= 0.6 is 0 Å². The molecule has 0 saturated carbocycles. The molecule has 0 bridgehead atoms. The third kappa shape index (κ3) is 3.24. The zero-order chi connectivity index (χ0) is 18.8. The maximum atomic E-state index is 12.4. The highest BCUT2D eigenvalue weighted by Crippen LogP contribution is 2.25. The fourth-order valence-corrected chi connectivity index (χ4v) is 3.04. The normalized spacial score (nSPS) is 12.7. The number of para-hydroxylation sites is 2. The van der Waals surface area contributed by atoms with Crippen LogP contribution in [-0.4, -0.2) is 26.8 Å². The van der Waals surface area contributed by atoms with E-state index in [1.54, 1.807) is 24.3 Å². The molecule has 8 heteroatoms. The molecule has 8 nitrogen and oxygen atoms in total. The van der Waals surface area contributed by atoms with Crippen LogP contribution < -0.4 is 21.3 Å². The summed E-state index contributed by atoms with van der Waals surface area (Å²) in [5.74, 6) is -0.0669. The van der Waals surface area contributed by atoms with E-state index in [1.807, 2.05) is 41.3 Å². The lowest BCUT2D eigenvalue weighted by Crippen LogP contribution is -2.44. The lowest BCUT2D eigenvalue weighted by atomic mass is 10.3. The van der Waals surface area contributed by atoms with E-state index >= 15 is 0 Å². The van der Waals surface area contributed by atoms with Gasteiger partial charge in [0.1, 0.15) is 6.54 Å². The van der Waals surface area contributed by atoms with Gasteiger partial charge in [-0.3, -0.25) is 19.0 Å². The number of benzene rings is 2. The number of aromatic nitrogens is 3. The number of rotatable bonds is 4. The number of amides is 1. The number of nitrogens with one attached hydrogen (secondary N) is 1. The zero-order valence-electron chi connectivity index (χ0n) is 14.4. The first-order chi connectivity index (χ1) is 13.1. The molecule has 1 aliphatic rings. The Morgan fingerprint density at radius 3 is 2.30 bits per heavy atom. The molecule has 27 heavy (non-hydrogen) atoms. The van der Waals surface area contributed by atoms with Gasteiger partial charge in [-0.2, -0.15) is 0 Å². The number of nitrogens with zero attached hydrogens (tertiary/aromatic N) is 4. The van der Waals surface area contributed by atoms with Crippen LogP contribution in [0.1, 0.15) is 0 Å². The largest absolute Gasteiger partial charge is 0.333 e. The molecule has 2 aromatic carbocycles. The Labute approximate surface area is 154 Å². The van der Waals surface area contributed by atoms with Crippen LogP contribution in [0.4, 0.5) is 17.3 Å². The molecule has 0 fully saturated rings. The standard InChI is InChI=1S/C19H17N5O3/c25-16(20-14-7-3-1-4-8-14)13-24-18(27)17(26)23-12-11-22(19(23)21-24)15-9-5-2-6-10-15/h1-10H,11-13H2,(H,20,25). The van der Waals surface area contributed by atoms with E-state index in [0.29, 0.717) is 24.7 Å². The van der Waals surface area contributed by atoms with Crippen LogP contribution in [0.5, 0.6) is 0 Å². The predicted octanol–water partition coefficient (Wildman–Crippen LogP) is 1.20. The molecular formula is C19H17N5O3. The molecule has 2 heterocycles. The fraction of sp³-hybridized carbons (Fsp3) is 0.158. The van der Waals surface area contributed by atoms with Gasteiger partial charge in [0.15, 0.2) is 0 Å². The molecule has 1 aliphatic heterocycles. The maximum Gasteiger partial charge on any atom is 0.333 e. The van der Waals surface area contributed by atoms with E-state index in [1.165, 1.54) is 4.57 Å². The van der Waals surface area contributed by atoms with Gasteiger partial charge in [-0.05, 0) is 24.3 Å². The first-order valence-electron chi connectivity index (χ1n) is 8.53. The summed E-state index contributed by atoms with van der Waals surface area (Å²) in [6.07, 6.45) is 0. The summed E-state index contributed by atoms with van der Waals surface area (Å²) < 4.78 is 2.27. The van der Waals surface area contributed by atoms with E-state index in [9.17, 15) is 14.4 Å². The molecule has 0 spiro atoms. The number of anilines is 3. The minimum Gasteiger partial charge on any atom is -0.324 e. The van der Waals surface area contributed by atoms with Crippen LogP contribution in [0, 0.1) is 0 Å². The molecule has 136 valence electrons. The molecule has 1 N–H and O–H groups in total. The Hall–Kier alpha value is -3.68. The first kappa shape index (κ1) is 16.8. The average molecular weight is 363 g/mol. The molecule has 0 atom stereocenters. The minimum absolute atomic E-state index is 0.334. The quantitative estimate of drug-likeness (QED) is 0.704. The summed E-state index contributed by atoms with van der Waals surface area (Å²) in [4.78, 5) is 38.9. The van der Waals surface area contributed by atoms with Gasteiger partial charge >= 0.3 is 11.1 Å². The Morgan fingerprint density at radius 2 is 1.59 bits per heavy atom. The summed E-state index contributed by atoms with van der Waals surface area (Å²) in [5, 5.41) is 6.97. The van der Waals surface area contributed by atoms with Crippen molar-refractivity contribution in [1.29, 1.82) is 0 Å². The molecule has 0 radical (unpaired) electrons. The van der Waals surface area contributed by atoms with Crippen molar-refractivity contribution in [3.05, 3.63) is 81.4 Å².